The number of para-hydroxylation sites is 1. The highest BCUT2D eigenvalue weighted by molar-refractivity contribution is 6.30. The van der Waals surface area contributed by atoms with Gasteiger partial charge in [-0.25, -0.2) is 0 Å². The van der Waals surface area contributed by atoms with Crippen molar-refractivity contribution in [1.82, 2.24) is 0 Å². The summed E-state index contributed by atoms with van der Waals surface area (Å²) >= 11 is 5.89. The fraction of sp³-hybridized carbons (Fsp3) is 0.176. The molecule has 1 unspecified atom stereocenters. The predicted octanol–water partition coefficient (Wildman–Crippen LogP) is 4.65. The Morgan fingerprint density at radius 3 is 2.45 bits per heavy atom. The first-order valence-corrected chi connectivity index (χ1v) is 6.84. The molecule has 0 amide bonds. The van der Waals surface area contributed by atoms with Crippen molar-refractivity contribution in [2.45, 2.75) is 19.4 Å². The Balaban J connectivity index is 2.13. The monoisotopic (exact) mass is 286 g/mol. The topological polar surface area (TPSA) is 33.4 Å². The first-order chi connectivity index (χ1) is 9.48. The standard InChI is InChI=1S/C17H15ClO2/c1-11-4-3-5-12-10-15(20-16(11)12)17(2,19)13-6-8-14(18)9-7-13/h3-10,19H,1-2H3. The van der Waals surface area contributed by atoms with E-state index in [-0.39, 0.29) is 0 Å². The summed E-state index contributed by atoms with van der Waals surface area (Å²) in [6, 6.07) is 15.0. The van der Waals surface area contributed by atoms with E-state index in [1.54, 1.807) is 19.1 Å². The first kappa shape index (κ1) is 13.2. The molecule has 0 spiro atoms. The predicted molar refractivity (Wildman–Crippen MR) is 81.1 cm³/mol. The van der Waals surface area contributed by atoms with Gasteiger partial charge in [0.25, 0.3) is 0 Å². The van der Waals surface area contributed by atoms with E-state index in [1.165, 1.54) is 0 Å². The third kappa shape index (κ3) is 2.11. The highest BCUT2D eigenvalue weighted by atomic mass is 35.5. The van der Waals surface area contributed by atoms with Gasteiger partial charge in [-0.2, -0.15) is 0 Å². The second-order valence-electron chi connectivity index (χ2n) is 5.18. The van der Waals surface area contributed by atoms with E-state index in [9.17, 15) is 5.11 Å². The number of furan rings is 1. The van der Waals surface area contributed by atoms with E-state index >= 15 is 0 Å². The minimum absolute atomic E-state index is 0.532. The third-order valence-corrected chi connectivity index (χ3v) is 3.88. The lowest BCUT2D eigenvalue weighted by Gasteiger charge is -2.21. The van der Waals surface area contributed by atoms with Crippen molar-refractivity contribution in [3.8, 4) is 0 Å². The van der Waals surface area contributed by atoms with Gasteiger partial charge in [0.1, 0.15) is 16.9 Å². The van der Waals surface area contributed by atoms with E-state index in [4.69, 9.17) is 16.0 Å². The summed E-state index contributed by atoms with van der Waals surface area (Å²) in [6.07, 6.45) is 0. The van der Waals surface area contributed by atoms with E-state index in [2.05, 4.69) is 0 Å². The Morgan fingerprint density at radius 2 is 1.80 bits per heavy atom. The molecule has 3 heteroatoms. The average Bonchev–Trinajstić information content (AvgIpc) is 2.85. The van der Waals surface area contributed by atoms with Crippen LogP contribution >= 0.6 is 11.6 Å². The zero-order valence-electron chi connectivity index (χ0n) is 11.4. The Labute approximate surface area is 122 Å². The van der Waals surface area contributed by atoms with Gasteiger partial charge in [-0.1, -0.05) is 41.9 Å². The molecule has 3 aromatic rings. The molecule has 0 aliphatic carbocycles. The van der Waals surface area contributed by atoms with Crippen molar-refractivity contribution in [3.05, 3.63) is 70.4 Å². The van der Waals surface area contributed by atoms with Gasteiger partial charge < -0.3 is 9.52 Å². The SMILES string of the molecule is Cc1cccc2cc(C(C)(O)c3ccc(Cl)cc3)oc12. The van der Waals surface area contributed by atoms with E-state index in [1.807, 2.05) is 43.3 Å². The smallest absolute Gasteiger partial charge is 0.144 e. The first-order valence-electron chi connectivity index (χ1n) is 6.46. The average molecular weight is 287 g/mol. The van der Waals surface area contributed by atoms with Crippen LogP contribution in [-0.2, 0) is 5.60 Å². The van der Waals surface area contributed by atoms with Crippen LogP contribution in [0.1, 0.15) is 23.8 Å². The fourth-order valence-corrected chi connectivity index (χ4v) is 2.49. The lowest BCUT2D eigenvalue weighted by Crippen LogP contribution is -2.21. The summed E-state index contributed by atoms with van der Waals surface area (Å²) in [5, 5.41) is 12.4. The van der Waals surface area contributed by atoms with Crippen LogP contribution in [0.4, 0.5) is 0 Å². The largest absolute Gasteiger partial charge is 0.457 e. The molecular weight excluding hydrogens is 272 g/mol. The number of benzene rings is 2. The van der Waals surface area contributed by atoms with Gasteiger partial charge in [0.05, 0.1) is 0 Å². The van der Waals surface area contributed by atoms with Crippen LogP contribution in [0.2, 0.25) is 5.02 Å². The minimum Gasteiger partial charge on any atom is -0.457 e. The second-order valence-corrected chi connectivity index (χ2v) is 5.62. The van der Waals surface area contributed by atoms with E-state index in [0.717, 1.165) is 22.1 Å². The number of rotatable bonds is 2. The number of aliphatic hydroxyl groups is 1. The normalized spacial score (nSPS) is 14.4. The molecule has 0 fully saturated rings. The molecule has 3 rings (SSSR count). The van der Waals surface area contributed by atoms with Gasteiger partial charge in [-0.15, -0.1) is 0 Å². The maximum absolute atomic E-state index is 10.8. The van der Waals surface area contributed by atoms with Gasteiger partial charge in [0.15, 0.2) is 0 Å². The molecule has 0 aliphatic rings. The summed E-state index contributed by atoms with van der Waals surface area (Å²) in [6.45, 7) is 3.72. The second kappa shape index (κ2) is 4.65. The van der Waals surface area contributed by atoms with Crippen LogP contribution in [-0.4, -0.2) is 5.11 Å². The van der Waals surface area contributed by atoms with Crippen molar-refractivity contribution in [3.63, 3.8) is 0 Å². The van der Waals surface area contributed by atoms with Crippen LogP contribution in [0.15, 0.2) is 52.9 Å². The highest BCUT2D eigenvalue weighted by Gasteiger charge is 2.29. The lowest BCUT2D eigenvalue weighted by molar-refractivity contribution is 0.0786. The molecule has 1 N–H and O–H groups in total. The molecule has 1 aromatic heterocycles. The zero-order chi connectivity index (χ0) is 14.3. The zero-order valence-corrected chi connectivity index (χ0v) is 12.1. The van der Waals surface area contributed by atoms with Gasteiger partial charge in [0, 0.05) is 10.4 Å². The van der Waals surface area contributed by atoms with E-state index < -0.39 is 5.60 Å². The summed E-state index contributed by atoms with van der Waals surface area (Å²) in [5.74, 6) is 0.532. The molecule has 20 heavy (non-hydrogen) atoms. The molecule has 102 valence electrons. The molecule has 1 atom stereocenters. The van der Waals surface area contributed by atoms with Crippen LogP contribution in [0.5, 0.6) is 0 Å². The third-order valence-electron chi connectivity index (χ3n) is 3.63. The molecule has 0 aliphatic heterocycles. The maximum Gasteiger partial charge on any atom is 0.144 e. The van der Waals surface area contributed by atoms with Gasteiger partial charge in [0.2, 0.25) is 0 Å². The number of hydrogen-bond acceptors (Lipinski definition) is 2. The minimum atomic E-state index is -1.18. The Hall–Kier alpha value is -1.77. The number of halogens is 1. The Kier molecular flexibility index (Phi) is 3.08. The van der Waals surface area contributed by atoms with Crippen molar-refractivity contribution in [2.75, 3.05) is 0 Å². The highest BCUT2D eigenvalue weighted by Crippen LogP contribution is 2.34. The number of hydrogen-bond donors (Lipinski definition) is 1. The van der Waals surface area contributed by atoms with Crippen LogP contribution in [0.25, 0.3) is 11.0 Å². The number of aryl methyl sites for hydroxylation is 1. The summed E-state index contributed by atoms with van der Waals surface area (Å²) < 4.78 is 5.87. The van der Waals surface area contributed by atoms with Crippen LogP contribution in [0, 0.1) is 6.92 Å². The molecule has 0 saturated carbocycles. The molecule has 0 saturated heterocycles. The van der Waals surface area contributed by atoms with Crippen molar-refractivity contribution < 1.29 is 9.52 Å². The van der Waals surface area contributed by atoms with Crippen LogP contribution < -0.4 is 0 Å². The molecule has 1 heterocycles. The fourth-order valence-electron chi connectivity index (χ4n) is 2.37. The van der Waals surface area contributed by atoms with Gasteiger partial charge >= 0.3 is 0 Å². The maximum atomic E-state index is 10.8. The van der Waals surface area contributed by atoms with Crippen molar-refractivity contribution >= 4 is 22.6 Å². The summed E-state index contributed by atoms with van der Waals surface area (Å²) in [7, 11) is 0. The molecule has 0 radical (unpaired) electrons. The molecule has 0 bridgehead atoms. The van der Waals surface area contributed by atoms with E-state index in [0.29, 0.717) is 10.8 Å². The molecular formula is C17H15ClO2. The quantitative estimate of drug-likeness (QED) is 0.744. The summed E-state index contributed by atoms with van der Waals surface area (Å²) in [4.78, 5) is 0. The van der Waals surface area contributed by atoms with Crippen LogP contribution in [0.3, 0.4) is 0 Å². The summed E-state index contributed by atoms with van der Waals surface area (Å²) in [5.41, 5.74) is 1.44. The lowest BCUT2D eigenvalue weighted by atomic mass is 9.93. The molecule has 2 aromatic carbocycles. The van der Waals surface area contributed by atoms with Gasteiger partial charge in [-0.05, 0) is 43.2 Å². The Bertz CT molecular complexity index is 754. The van der Waals surface area contributed by atoms with Crippen molar-refractivity contribution in [2.24, 2.45) is 0 Å². The molecule has 2 nitrogen and oxygen atoms in total. The number of fused-ring (bicyclic) bond motifs is 1. The Morgan fingerprint density at radius 1 is 1.10 bits per heavy atom. The van der Waals surface area contributed by atoms with Crippen molar-refractivity contribution in [1.29, 1.82) is 0 Å². The van der Waals surface area contributed by atoms with Gasteiger partial charge in [-0.3, -0.25) is 0 Å².